The Bertz CT molecular complexity index is 1290. The number of nitro groups is 1. The highest BCUT2D eigenvalue weighted by atomic mass is 19.1. The zero-order valence-corrected chi connectivity index (χ0v) is 15.8. The summed E-state index contributed by atoms with van der Waals surface area (Å²) in [6.45, 7) is 0. The maximum Gasteiger partial charge on any atom is 0.342 e. The molecule has 0 aliphatic carbocycles. The van der Waals surface area contributed by atoms with E-state index in [9.17, 15) is 18.9 Å². The fourth-order valence-corrected chi connectivity index (χ4v) is 3.05. The number of anilines is 2. The van der Waals surface area contributed by atoms with Crippen LogP contribution >= 0.6 is 0 Å². The normalized spacial score (nSPS) is 10.9. The van der Waals surface area contributed by atoms with E-state index < -0.39 is 27.9 Å². The van der Waals surface area contributed by atoms with Crippen molar-refractivity contribution in [2.75, 3.05) is 12.4 Å². The van der Waals surface area contributed by atoms with Gasteiger partial charge in [0.25, 0.3) is 0 Å². The lowest BCUT2D eigenvalue weighted by molar-refractivity contribution is -0.390. The zero-order chi connectivity index (χ0) is 21.4. The summed E-state index contributed by atoms with van der Waals surface area (Å²) >= 11 is 0. The van der Waals surface area contributed by atoms with Gasteiger partial charge < -0.3 is 10.1 Å². The third-order valence-electron chi connectivity index (χ3n) is 4.49. The molecule has 0 fully saturated rings. The Morgan fingerprint density at radius 2 is 2.03 bits per heavy atom. The molecular formula is C19H14F2N6O3. The maximum atomic E-state index is 14.6. The first-order valence-corrected chi connectivity index (χ1v) is 8.61. The first kappa shape index (κ1) is 19.2. The molecule has 4 rings (SSSR count). The van der Waals surface area contributed by atoms with Crippen molar-refractivity contribution in [3.8, 4) is 17.0 Å². The summed E-state index contributed by atoms with van der Waals surface area (Å²) in [6, 6.07) is 8.00. The van der Waals surface area contributed by atoms with Gasteiger partial charge in [0.15, 0.2) is 0 Å². The molecule has 0 aliphatic heterocycles. The standard InChI is InChI=1S/C19H14F2N6O3/c1-26-14-4-3-10(7-11(14)9-23-26)13-5-6-22-19(24-13)25-17-15(30-2)8-12(20)18(16(17)21)27(28)29/h3-9H,1-2H3,(H,22,24,25). The van der Waals surface area contributed by atoms with Crippen LogP contribution in [0, 0.1) is 21.7 Å². The van der Waals surface area contributed by atoms with Crippen LogP contribution in [0.15, 0.2) is 42.7 Å². The van der Waals surface area contributed by atoms with Gasteiger partial charge in [0.05, 0.1) is 29.4 Å². The molecule has 0 bridgehead atoms. The van der Waals surface area contributed by atoms with Gasteiger partial charge in [0, 0.05) is 30.3 Å². The summed E-state index contributed by atoms with van der Waals surface area (Å²) in [5.41, 5.74) is 0.492. The molecule has 2 aromatic heterocycles. The summed E-state index contributed by atoms with van der Waals surface area (Å²) in [7, 11) is 3.02. The van der Waals surface area contributed by atoms with Crippen molar-refractivity contribution in [3.05, 3.63) is 64.5 Å². The summed E-state index contributed by atoms with van der Waals surface area (Å²) in [4.78, 5) is 18.2. The first-order chi connectivity index (χ1) is 14.4. The first-order valence-electron chi connectivity index (χ1n) is 8.61. The number of nitrogens with one attached hydrogen (secondary N) is 1. The fourth-order valence-electron chi connectivity index (χ4n) is 3.05. The Morgan fingerprint density at radius 1 is 1.23 bits per heavy atom. The molecule has 4 aromatic rings. The minimum atomic E-state index is -1.41. The Labute approximate surface area is 168 Å². The molecule has 0 saturated carbocycles. The highest BCUT2D eigenvalue weighted by molar-refractivity contribution is 5.84. The molecule has 0 unspecified atom stereocenters. The second kappa shape index (κ2) is 7.35. The molecule has 2 heterocycles. The van der Waals surface area contributed by atoms with Crippen LogP contribution in [0.1, 0.15) is 0 Å². The summed E-state index contributed by atoms with van der Waals surface area (Å²) < 4.78 is 35.2. The molecular weight excluding hydrogens is 398 g/mol. The van der Waals surface area contributed by atoms with Crippen molar-refractivity contribution in [1.29, 1.82) is 0 Å². The van der Waals surface area contributed by atoms with Gasteiger partial charge in [-0.1, -0.05) is 6.07 Å². The summed E-state index contributed by atoms with van der Waals surface area (Å²) in [5.74, 6) is -3.07. The van der Waals surface area contributed by atoms with Gasteiger partial charge in [-0.25, -0.2) is 9.97 Å². The number of fused-ring (bicyclic) bond motifs is 1. The van der Waals surface area contributed by atoms with Crippen molar-refractivity contribution in [1.82, 2.24) is 19.7 Å². The van der Waals surface area contributed by atoms with Crippen molar-refractivity contribution in [2.45, 2.75) is 0 Å². The largest absolute Gasteiger partial charge is 0.494 e. The number of aromatic nitrogens is 4. The minimum Gasteiger partial charge on any atom is -0.494 e. The Kier molecular flexibility index (Phi) is 4.70. The molecule has 0 atom stereocenters. The number of hydrogen-bond donors (Lipinski definition) is 1. The lowest BCUT2D eigenvalue weighted by Crippen LogP contribution is -2.06. The summed E-state index contributed by atoms with van der Waals surface area (Å²) in [5, 5.41) is 18.7. The van der Waals surface area contributed by atoms with Crippen LogP contribution in [0.3, 0.4) is 0 Å². The molecule has 0 spiro atoms. The van der Waals surface area contributed by atoms with E-state index in [0.717, 1.165) is 22.5 Å². The number of methoxy groups -OCH3 is 1. The lowest BCUT2D eigenvalue weighted by Gasteiger charge is -2.12. The second-order valence-corrected chi connectivity index (χ2v) is 6.29. The molecule has 0 amide bonds. The van der Waals surface area contributed by atoms with Crippen LogP contribution < -0.4 is 10.1 Å². The molecule has 152 valence electrons. The van der Waals surface area contributed by atoms with Crippen LogP contribution in [0.25, 0.3) is 22.2 Å². The van der Waals surface area contributed by atoms with Crippen LogP contribution in [-0.4, -0.2) is 31.8 Å². The fraction of sp³-hybridized carbons (Fsp3) is 0.105. The second-order valence-electron chi connectivity index (χ2n) is 6.29. The Morgan fingerprint density at radius 3 is 2.77 bits per heavy atom. The van der Waals surface area contributed by atoms with E-state index in [1.165, 1.54) is 13.3 Å². The maximum absolute atomic E-state index is 14.6. The highest BCUT2D eigenvalue weighted by Crippen LogP contribution is 2.37. The van der Waals surface area contributed by atoms with Gasteiger partial charge in [-0.05, 0) is 18.2 Å². The highest BCUT2D eigenvalue weighted by Gasteiger charge is 2.28. The molecule has 0 aliphatic rings. The molecule has 30 heavy (non-hydrogen) atoms. The topological polar surface area (TPSA) is 108 Å². The third-order valence-corrected chi connectivity index (χ3v) is 4.49. The van der Waals surface area contributed by atoms with E-state index in [4.69, 9.17) is 4.74 Å². The Hall–Kier alpha value is -4.15. The van der Waals surface area contributed by atoms with Crippen molar-refractivity contribution < 1.29 is 18.4 Å². The van der Waals surface area contributed by atoms with Gasteiger partial charge in [0.2, 0.25) is 17.6 Å². The van der Waals surface area contributed by atoms with Crippen molar-refractivity contribution in [2.24, 2.45) is 7.05 Å². The molecule has 9 nitrogen and oxygen atoms in total. The van der Waals surface area contributed by atoms with E-state index in [0.29, 0.717) is 5.69 Å². The summed E-state index contributed by atoms with van der Waals surface area (Å²) in [6.07, 6.45) is 3.16. The monoisotopic (exact) mass is 412 g/mol. The van der Waals surface area contributed by atoms with E-state index in [1.54, 1.807) is 16.9 Å². The number of ether oxygens (including phenoxy) is 1. The average molecular weight is 412 g/mol. The van der Waals surface area contributed by atoms with Crippen molar-refractivity contribution >= 4 is 28.2 Å². The molecule has 0 radical (unpaired) electrons. The number of hydrogen-bond acceptors (Lipinski definition) is 7. The van der Waals surface area contributed by atoms with Crippen molar-refractivity contribution in [3.63, 3.8) is 0 Å². The predicted molar refractivity (Wildman–Crippen MR) is 105 cm³/mol. The van der Waals surface area contributed by atoms with E-state index in [1.807, 2.05) is 25.2 Å². The third kappa shape index (κ3) is 3.26. The van der Waals surface area contributed by atoms with Gasteiger partial charge in [-0.15, -0.1) is 0 Å². The van der Waals surface area contributed by atoms with Crippen LogP contribution in [0.2, 0.25) is 0 Å². The number of rotatable bonds is 5. The van der Waals surface area contributed by atoms with Gasteiger partial charge in [-0.3, -0.25) is 14.8 Å². The van der Waals surface area contributed by atoms with Gasteiger partial charge in [0.1, 0.15) is 11.4 Å². The molecule has 0 saturated heterocycles. The Balaban J connectivity index is 1.74. The van der Waals surface area contributed by atoms with E-state index in [-0.39, 0.29) is 11.7 Å². The SMILES string of the molecule is COc1cc(F)c([N+](=O)[O-])c(F)c1Nc1nccc(-c2ccc3c(cnn3C)c2)n1. The average Bonchev–Trinajstić information content (AvgIpc) is 3.10. The number of halogens is 2. The lowest BCUT2D eigenvalue weighted by atomic mass is 10.1. The van der Waals surface area contributed by atoms with E-state index >= 15 is 0 Å². The van der Waals surface area contributed by atoms with Crippen LogP contribution in [-0.2, 0) is 7.05 Å². The van der Waals surface area contributed by atoms with Gasteiger partial charge in [-0.2, -0.15) is 13.9 Å². The van der Waals surface area contributed by atoms with Crippen LogP contribution in [0.5, 0.6) is 5.75 Å². The molecule has 11 heteroatoms. The van der Waals surface area contributed by atoms with E-state index in [2.05, 4.69) is 20.4 Å². The number of benzene rings is 2. The quantitative estimate of drug-likeness (QED) is 0.390. The zero-order valence-electron chi connectivity index (χ0n) is 15.8. The molecule has 2 aromatic carbocycles. The minimum absolute atomic E-state index is 0.0445. The number of aryl methyl sites for hydroxylation is 1. The predicted octanol–water partition coefficient (Wildman–Crippen LogP) is 3.97. The number of nitro benzene ring substituents is 1. The van der Waals surface area contributed by atoms with Gasteiger partial charge >= 0.3 is 5.69 Å². The smallest absolute Gasteiger partial charge is 0.342 e. The number of nitrogens with zero attached hydrogens (tertiary/aromatic N) is 5. The van der Waals surface area contributed by atoms with Crippen LogP contribution in [0.4, 0.5) is 26.1 Å². The molecule has 1 N–H and O–H groups in total.